The van der Waals surface area contributed by atoms with Gasteiger partial charge >= 0.3 is 6.09 Å². The molecule has 1 atom stereocenters. The van der Waals surface area contributed by atoms with Gasteiger partial charge in [-0.05, 0) is 80.3 Å². The van der Waals surface area contributed by atoms with Crippen LogP contribution >= 0.6 is 0 Å². The number of hydrogen-bond donors (Lipinski definition) is 2. The van der Waals surface area contributed by atoms with Crippen molar-refractivity contribution in [1.29, 1.82) is 5.26 Å². The largest absolute Gasteiger partial charge is 0.446 e. The Morgan fingerprint density at radius 3 is 2.55 bits per heavy atom. The Bertz CT molecular complexity index is 1270. The number of nitriles is 1. The van der Waals surface area contributed by atoms with E-state index in [1.54, 1.807) is 11.0 Å². The van der Waals surface area contributed by atoms with Crippen LogP contribution in [0.2, 0.25) is 0 Å². The lowest BCUT2D eigenvalue weighted by molar-refractivity contribution is 0.108. The van der Waals surface area contributed by atoms with E-state index in [-0.39, 0.29) is 6.10 Å². The van der Waals surface area contributed by atoms with Crippen LogP contribution in [0.3, 0.4) is 0 Å². The van der Waals surface area contributed by atoms with Crippen LogP contribution in [-0.2, 0) is 11.3 Å². The fraction of sp³-hybridized carbons (Fsp3) is 0.400. The van der Waals surface area contributed by atoms with Gasteiger partial charge in [0.1, 0.15) is 18.8 Å². The summed E-state index contributed by atoms with van der Waals surface area (Å²) in [5.41, 5.74) is 5.01. The molecule has 2 aliphatic carbocycles. The van der Waals surface area contributed by atoms with Crippen molar-refractivity contribution in [2.24, 2.45) is 5.92 Å². The topological polar surface area (TPSA) is 105 Å². The van der Waals surface area contributed by atoms with Crippen LogP contribution in [0.4, 0.5) is 16.2 Å². The van der Waals surface area contributed by atoms with Crippen molar-refractivity contribution in [3.63, 3.8) is 0 Å². The van der Waals surface area contributed by atoms with Gasteiger partial charge < -0.3 is 10.1 Å². The minimum Gasteiger partial charge on any atom is -0.446 e. The predicted octanol–water partition coefficient (Wildman–Crippen LogP) is 6.73. The summed E-state index contributed by atoms with van der Waals surface area (Å²) in [4.78, 5) is 16.1. The van der Waals surface area contributed by atoms with E-state index in [1.165, 1.54) is 12.7 Å². The molecular weight excluding hydrogens is 476 g/mol. The van der Waals surface area contributed by atoms with Crippen molar-refractivity contribution < 1.29 is 9.53 Å². The number of hydrogen-bond acceptors (Lipinski definition) is 6. The molecule has 0 spiro atoms. The number of carbonyl (C=O) groups is 1. The molecule has 2 saturated carbocycles. The van der Waals surface area contributed by atoms with Crippen molar-refractivity contribution in [3.05, 3.63) is 71.8 Å². The molecule has 198 valence electrons. The Hall–Kier alpha value is -4.12. The van der Waals surface area contributed by atoms with Crippen LogP contribution < -0.4 is 10.6 Å². The molecule has 0 radical (unpaired) electrons. The molecule has 0 saturated heterocycles. The fourth-order valence-electron chi connectivity index (χ4n) is 4.30. The Morgan fingerprint density at radius 2 is 1.95 bits per heavy atom. The van der Waals surface area contributed by atoms with Crippen molar-refractivity contribution in [2.45, 2.75) is 71.6 Å². The van der Waals surface area contributed by atoms with E-state index in [2.05, 4.69) is 32.9 Å². The maximum absolute atomic E-state index is 12.1. The molecule has 38 heavy (non-hydrogen) atoms. The molecule has 1 amide bonds. The number of carbonyl (C=O) groups excluding carboxylic acids is 1. The minimum absolute atomic E-state index is 0.0595. The third kappa shape index (κ3) is 7.22. The van der Waals surface area contributed by atoms with Gasteiger partial charge in [-0.3, -0.25) is 5.32 Å². The lowest BCUT2D eigenvalue weighted by atomic mass is 9.91. The monoisotopic (exact) mass is 512 g/mol. The summed E-state index contributed by atoms with van der Waals surface area (Å²) < 4.78 is 7.21. The van der Waals surface area contributed by atoms with Crippen LogP contribution in [-0.4, -0.2) is 33.0 Å². The molecule has 8 nitrogen and oxygen atoms in total. The van der Waals surface area contributed by atoms with Gasteiger partial charge in [-0.2, -0.15) is 10.4 Å². The first kappa shape index (κ1) is 26.9. The summed E-state index contributed by atoms with van der Waals surface area (Å²) in [5.74, 6) is 0.493. The molecule has 5 rings (SSSR count). The third-order valence-electron chi connectivity index (χ3n) is 6.82. The first-order valence-electron chi connectivity index (χ1n) is 13.5. The van der Waals surface area contributed by atoms with Gasteiger partial charge in [0, 0.05) is 23.0 Å². The third-order valence-corrected chi connectivity index (χ3v) is 6.82. The molecule has 1 unspecified atom stereocenters. The Morgan fingerprint density at radius 1 is 1.18 bits per heavy atom. The van der Waals surface area contributed by atoms with Gasteiger partial charge in [-0.25, -0.2) is 14.5 Å². The lowest BCUT2D eigenvalue weighted by Gasteiger charge is -2.29. The van der Waals surface area contributed by atoms with Crippen LogP contribution in [0, 0.1) is 17.2 Å². The van der Waals surface area contributed by atoms with Crippen LogP contribution in [0.5, 0.6) is 0 Å². The van der Waals surface area contributed by atoms with Gasteiger partial charge in [0.25, 0.3) is 0 Å². The highest BCUT2D eigenvalue weighted by Gasteiger charge is 2.30. The molecule has 2 N–H and O–H groups in total. The number of anilines is 2. The average Bonchev–Trinajstić information content (AvgIpc) is 3.64. The van der Waals surface area contributed by atoms with E-state index >= 15 is 0 Å². The summed E-state index contributed by atoms with van der Waals surface area (Å²) in [7, 11) is 0. The zero-order valence-corrected chi connectivity index (χ0v) is 22.4. The quantitative estimate of drug-likeness (QED) is 0.243. The number of rotatable bonds is 9. The first-order valence-corrected chi connectivity index (χ1v) is 13.5. The van der Waals surface area contributed by atoms with Crippen molar-refractivity contribution in [2.75, 3.05) is 10.6 Å². The minimum atomic E-state index is -0.437. The van der Waals surface area contributed by atoms with E-state index in [1.807, 2.05) is 63.2 Å². The summed E-state index contributed by atoms with van der Waals surface area (Å²) in [5, 5.41) is 20.6. The zero-order chi connectivity index (χ0) is 26.9. The molecule has 3 aromatic rings. The summed E-state index contributed by atoms with van der Waals surface area (Å²) in [6, 6.07) is 16.3. The molecule has 1 aromatic heterocycles. The van der Waals surface area contributed by atoms with Gasteiger partial charge in [0.2, 0.25) is 0 Å². The Balaban J connectivity index is 0.00000164. The van der Waals surface area contributed by atoms with Gasteiger partial charge in [-0.1, -0.05) is 38.1 Å². The van der Waals surface area contributed by atoms with E-state index in [4.69, 9.17) is 4.74 Å². The Kier molecular flexibility index (Phi) is 9.15. The first-order chi connectivity index (χ1) is 18.6. The predicted molar refractivity (Wildman–Crippen MR) is 150 cm³/mol. The van der Waals surface area contributed by atoms with Gasteiger partial charge in [0.15, 0.2) is 0 Å². The number of amides is 1. The molecule has 0 aliphatic heterocycles. The van der Waals surface area contributed by atoms with E-state index in [9.17, 15) is 10.1 Å². The average molecular weight is 513 g/mol. The number of benzene rings is 2. The summed E-state index contributed by atoms with van der Waals surface area (Å²) in [6.45, 7) is 6.55. The van der Waals surface area contributed by atoms with Crippen molar-refractivity contribution in [1.82, 2.24) is 14.8 Å². The summed E-state index contributed by atoms with van der Waals surface area (Å²) in [6.07, 6.45) is 10.3. The highest BCUT2D eigenvalue weighted by molar-refractivity contribution is 5.94. The second-order valence-corrected chi connectivity index (χ2v) is 9.61. The number of nitrogens with one attached hydrogen (secondary N) is 2. The number of allylic oxidation sites excluding steroid dienone is 1. The van der Waals surface area contributed by atoms with Crippen molar-refractivity contribution >= 4 is 29.1 Å². The molecule has 1 heterocycles. The van der Waals surface area contributed by atoms with E-state index < -0.39 is 6.09 Å². The number of nitrogens with zero attached hydrogens (tertiary/aromatic N) is 4. The highest BCUT2D eigenvalue weighted by Crippen LogP contribution is 2.34. The van der Waals surface area contributed by atoms with Gasteiger partial charge in [0.05, 0.1) is 18.2 Å². The summed E-state index contributed by atoms with van der Waals surface area (Å²) >= 11 is 0. The zero-order valence-electron chi connectivity index (χ0n) is 22.4. The molecule has 0 bridgehead atoms. The number of aromatic nitrogens is 3. The second kappa shape index (κ2) is 12.9. The van der Waals surface area contributed by atoms with E-state index in [0.29, 0.717) is 29.8 Å². The lowest BCUT2D eigenvalue weighted by Crippen LogP contribution is -2.27. The smallest absolute Gasteiger partial charge is 0.411 e. The fourth-order valence-corrected chi connectivity index (χ4v) is 4.30. The van der Waals surface area contributed by atoms with Crippen LogP contribution in [0.25, 0.3) is 11.6 Å². The molecular formula is C30H36N6O2. The van der Waals surface area contributed by atoms with Gasteiger partial charge in [-0.15, -0.1) is 0 Å². The van der Waals surface area contributed by atoms with Crippen molar-refractivity contribution in [3.8, 4) is 6.07 Å². The van der Waals surface area contributed by atoms with E-state index in [0.717, 1.165) is 48.1 Å². The maximum Gasteiger partial charge on any atom is 0.411 e. The molecule has 2 aliphatic rings. The second-order valence-electron chi connectivity index (χ2n) is 9.61. The number of ether oxygens (including phenoxy) is 1. The molecule has 2 fully saturated rings. The highest BCUT2D eigenvalue weighted by atomic mass is 16.6. The van der Waals surface area contributed by atoms with Crippen LogP contribution in [0.15, 0.2) is 55.1 Å². The molecule has 8 heteroatoms. The SMILES string of the molecule is CC.CC(OC(=O)Nc1ccc(/C=C(\C#N)c2ccc(Cn3cncn3)cc2NC2CCC2)cc1)C1CC1. The molecule has 2 aromatic carbocycles. The van der Waals surface area contributed by atoms with Crippen LogP contribution in [0.1, 0.15) is 69.6 Å². The Labute approximate surface area is 224 Å². The standard InChI is InChI=1S/C28H30N6O2.C2H6/c1-19(22-8-9-22)36-28(35)33-25-10-5-20(6-11-25)13-23(15-29)26-12-7-21(16-34-18-30-17-31-34)14-27(26)32-24-3-2-4-24;1-2/h5-7,10-14,17-19,22,24,32H,2-4,8-9,16H2,1H3,(H,33,35);1-2H3/b23-13+;. The maximum atomic E-state index is 12.1. The normalized spacial score (nSPS) is 15.8.